The third-order valence-corrected chi connectivity index (χ3v) is 3.37. The first-order chi connectivity index (χ1) is 10.6. The molecule has 0 aliphatic carbocycles. The highest BCUT2D eigenvalue weighted by Gasteiger charge is 2.08. The summed E-state index contributed by atoms with van der Waals surface area (Å²) in [6.45, 7) is 3.57. The smallest absolute Gasteiger partial charge is 0.348 e. The minimum absolute atomic E-state index is 0.0308. The number of rotatable bonds is 2. The van der Waals surface area contributed by atoms with Crippen molar-refractivity contribution in [1.29, 1.82) is 0 Å². The largest absolute Gasteiger partial charge is 0.507 e. The van der Waals surface area contributed by atoms with E-state index in [1.807, 2.05) is 31.2 Å². The van der Waals surface area contributed by atoms with E-state index in [9.17, 15) is 9.90 Å². The number of pyridine rings is 1. The Bertz CT molecular complexity index is 942. The lowest BCUT2D eigenvalue weighted by Crippen LogP contribution is -2.07. The van der Waals surface area contributed by atoms with Crippen LogP contribution in [0.15, 0.2) is 50.7 Å². The first kappa shape index (κ1) is 14.0. The zero-order chi connectivity index (χ0) is 15.7. The van der Waals surface area contributed by atoms with Crippen LogP contribution in [0.1, 0.15) is 16.9 Å². The summed E-state index contributed by atoms with van der Waals surface area (Å²) in [6.07, 6.45) is 3.04. The normalized spacial score (nSPS) is 11.4. The molecule has 0 atom stereocenters. The number of aromatic hydroxyl groups is 1. The lowest BCUT2D eigenvalue weighted by Gasteiger charge is -2.04. The summed E-state index contributed by atoms with van der Waals surface area (Å²) in [7, 11) is 0. The first-order valence-electron chi connectivity index (χ1n) is 6.78. The van der Waals surface area contributed by atoms with Crippen LogP contribution in [0.4, 0.5) is 5.69 Å². The van der Waals surface area contributed by atoms with Crippen molar-refractivity contribution >= 4 is 22.8 Å². The van der Waals surface area contributed by atoms with Gasteiger partial charge in [0.1, 0.15) is 17.1 Å². The molecule has 1 aromatic carbocycles. The molecular weight excluding hydrogens is 280 g/mol. The van der Waals surface area contributed by atoms with Crippen molar-refractivity contribution in [2.24, 2.45) is 4.99 Å². The molecule has 0 unspecified atom stereocenters. The molecule has 0 spiro atoms. The quantitative estimate of drug-likeness (QED) is 0.736. The standard InChI is InChI=1S/C17H14N2O3/c1-10-5-6-14(12-4-3-7-18-16(10)12)19-9-13-15(20)8-11(2)22-17(13)21/h3-9,20H,1-2H3. The highest BCUT2D eigenvalue weighted by Crippen LogP contribution is 2.27. The molecule has 5 nitrogen and oxygen atoms in total. The fourth-order valence-corrected chi connectivity index (χ4v) is 2.27. The second-order valence-corrected chi connectivity index (χ2v) is 5.00. The van der Waals surface area contributed by atoms with E-state index in [0.29, 0.717) is 11.4 Å². The molecule has 2 aromatic heterocycles. The molecule has 3 aromatic rings. The van der Waals surface area contributed by atoms with Crippen LogP contribution in [-0.2, 0) is 0 Å². The summed E-state index contributed by atoms with van der Waals surface area (Å²) in [4.78, 5) is 20.4. The average molecular weight is 294 g/mol. The molecule has 2 heterocycles. The van der Waals surface area contributed by atoms with Crippen molar-refractivity contribution in [3.05, 3.63) is 63.8 Å². The Hall–Kier alpha value is -2.95. The molecule has 0 saturated heterocycles. The number of benzene rings is 1. The molecular formula is C17H14N2O3. The predicted molar refractivity (Wildman–Crippen MR) is 85.1 cm³/mol. The van der Waals surface area contributed by atoms with E-state index in [0.717, 1.165) is 16.5 Å². The lowest BCUT2D eigenvalue weighted by molar-refractivity contribution is 0.433. The van der Waals surface area contributed by atoms with E-state index in [1.165, 1.54) is 12.3 Å². The summed E-state index contributed by atoms with van der Waals surface area (Å²) in [5.74, 6) is 0.205. The summed E-state index contributed by atoms with van der Waals surface area (Å²) < 4.78 is 4.96. The van der Waals surface area contributed by atoms with Crippen LogP contribution in [0.5, 0.6) is 5.75 Å². The summed E-state index contributed by atoms with van der Waals surface area (Å²) >= 11 is 0. The van der Waals surface area contributed by atoms with Crippen LogP contribution in [0.3, 0.4) is 0 Å². The van der Waals surface area contributed by atoms with Crippen molar-refractivity contribution < 1.29 is 9.52 Å². The van der Waals surface area contributed by atoms with Gasteiger partial charge in [-0.2, -0.15) is 0 Å². The Morgan fingerprint density at radius 2 is 2.09 bits per heavy atom. The zero-order valence-corrected chi connectivity index (χ0v) is 12.2. The number of hydrogen-bond donors (Lipinski definition) is 1. The highest BCUT2D eigenvalue weighted by molar-refractivity contribution is 5.95. The van der Waals surface area contributed by atoms with Crippen LogP contribution >= 0.6 is 0 Å². The van der Waals surface area contributed by atoms with Gasteiger partial charge in [0.2, 0.25) is 0 Å². The number of aliphatic imine (C=N–C) groups is 1. The number of hydrogen-bond acceptors (Lipinski definition) is 5. The second kappa shape index (κ2) is 5.44. The third-order valence-electron chi connectivity index (χ3n) is 3.37. The molecule has 0 saturated carbocycles. The van der Waals surface area contributed by atoms with E-state index < -0.39 is 5.63 Å². The van der Waals surface area contributed by atoms with Gasteiger partial charge >= 0.3 is 5.63 Å². The SMILES string of the molecule is Cc1cc(O)c(C=Nc2ccc(C)c3ncccc23)c(=O)o1. The van der Waals surface area contributed by atoms with Gasteiger partial charge in [-0.25, -0.2) is 4.79 Å². The number of aryl methyl sites for hydroxylation is 2. The average Bonchev–Trinajstić information content (AvgIpc) is 2.48. The minimum Gasteiger partial charge on any atom is -0.507 e. The van der Waals surface area contributed by atoms with E-state index in [4.69, 9.17) is 4.42 Å². The monoisotopic (exact) mass is 294 g/mol. The zero-order valence-electron chi connectivity index (χ0n) is 12.2. The highest BCUT2D eigenvalue weighted by atomic mass is 16.4. The maximum absolute atomic E-state index is 11.8. The molecule has 0 amide bonds. The number of nitrogens with zero attached hydrogens (tertiary/aromatic N) is 2. The molecule has 110 valence electrons. The fourth-order valence-electron chi connectivity index (χ4n) is 2.27. The Morgan fingerprint density at radius 3 is 2.86 bits per heavy atom. The van der Waals surface area contributed by atoms with Gasteiger partial charge in [-0.15, -0.1) is 0 Å². The van der Waals surface area contributed by atoms with Gasteiger partial charge in [0.15, 0.2) is 0 Å². The second-order valence-electron chi connectivity index (χ2n) is 5.00. The Labute approximate surface area is 126 Å². The van der Waals surface area contributed by atoms with Crippen LogP contribution in [0.25, 0.3) is 10.9 Å². The molecule has 0 bridgehead atoms. The fraction of sp³-hybridized carbons (Fsp3) is 0.118. The molecule has 5 heteroatoms. The van der Waals surface area contributed by atoms with Gasteiger partial charge < -0.3 is 9.52 Å². The molecule has 0 aliphatic rings. The van der Waals surface area contributed by atoms with E-state index in [2.05, 4.69) is 9.98 Å². The molecule has 0 fully saturated rings. The minimum atomic E-state index is -0.615. The molecule has 0 radical (unpaired) electrons. The van der Waals surface area contributed by atoms with Gasteiger partial charge in [0, 0.05) is 23.9 Å². The Balaban J connectivity index is 2.12. The van der Waals surface area contributed by atoms with Gasteiger partial charge in [-0.1, -0.05) is 6.07 Å². The first-order valence-corrected chi connectivity index (χ1v) is 6.78. The van der Waals surface area contributed by atoms with E-state index >= 15 is 0 Å². The predicted octanol–water partition coefficient (Wildman–Crippen LogP) is 3.26. The topological polar surface area (TPSA) is 75.7 Å². The summed E-state index contributed by atoms with van der Waals surface area (Å²) in [6, 6.07) is 8.90. The van der Waals surface area contributed by atoms with Crippen molar-refractivity contribution in [1.82, 2.24) is 4.98 Å². The maximum atomic E-state index is 11.8. The van der Waals surface area contributed by atoms with Gasteiger partial charge in [-0.05, 0) is 37.6 Å². The van der Waals surface area contributed by atoms with Crippen LogP contribution < -0.4 is 5.63 Å². The summed E-state index contributed by atoms with van der Waals surface area (Å²) in [5.41, 5.74) is 2.00. The number of fused-ring (bicyclic) bond motifs is 1. The molecule has 0 aliphatic heterocycles. The molecule has 22 heavy (non-hydrogen) atoms. The summed E-state index contributed by atoms with van der Waals surface area (Å²) in [5, 5.41) is 10.7. The van der Waals surface area contributed by atoms with E-state index in [1.54, 1.807) is 13.1 Å². The Kier molecular flexibility index (Phi) is 3.47. The van der Waals surface area contributed by atoms with Crippen molar-refractivity contribution in [3.8, 4) is 5.75 Å². The van der Waals surface area contributed by atoms with Crippen molar-refractivity contribution in [3.63, 3.8) is 0 Å². The van der Waals surface area contributed by atoms with Gasteiger partial charge in [0.05, 0.1) is 11.2 Å². The van der Waals surface area contributed by atoms with Crippen LogP contribution in [0, 0.1) is 13.8 Å². The van der Waals surface area contributed by atoms with Crippen LogP contribution in [-0.4, -0.2) is 16.3 Å². The van der Waals surface area contributed by atoms with Crippen LogP contribution in [0.2, 0.25) is 0 Å². The molecule has 1 N–H and O–H groups in total. The lowest BCUT2D eigenvalue weighted by atomic mass is 10.1. The van der Waals surface area contributed by atoms with Crippen molar-refractivity contribution in [2.45, 2.75) is 13.8 Å². The molecule has 3 rings (SSSR count). The van der Waals surface area contributed by atoms with E-state index in [-0.39, 0.29) is 11.3 Å². The van der Waals surface area contributed by atoms with Gasteiger partial charge in [-0.3, -0.25) is 9.98 Å². The third kappa shape index (κ3) is 2.48. The van der Waals surface area contributed by atoms with Crippen molar-refractivity contribution in [2.75, 3.05) is 0 Å². The Morgan fingerprint density at radius 1 is 1.27 bits per heavy atom. The maximum Gasteiger partial charge on any atom is 0.348 e. The van der Waals surface area contributed by atoms with Gasteiger partial charge in [0.25, 0.3) is 0 Å². The number of aromatic nitrogens is 1.